The van der Waals surface area contributed by atoms with Gasteiger partial charge in [-0.3, -0.25) is 0 Å². The van der Waals surface area contributed by atoms with E-state index in [0.29, 0.717) is 11.4 Å². The monoisotopic (exact) mass is 231 g/mol. The largest absolute Gasteiger partial charge is 0.455 e. The van der Waals surface area contributed by atoms with Crippen molar-refractivity contribution in [3.8, 4) is 11.5 Å². The number of thioether (sulfide) groups is 1. The normalized spacial score (nSPS) is 10.1. The summed E-state index contributed by atoms with van der Waals surface area (Å²) in [7, 11) is 0. The number of nitrogens with two attached hydrogens (primary N) is 1. The zero-order valence-corrected chi connectivity index (χ0v) is 9.83. The van der Waals surface area contributed by atoms with Crippen LogP contribution >= 0.6 is 11.8 Å². The maximum absolute atomic E-state index is 5.80. The predicted molar refractivity (Wildman–Crippen MR) is 69.2 cm³/mol. The molecule has 2 nitrogen and oxygen atoms in total. The molecule has 0 aromatic heterocycles. The Morgan fingerprint density at radius 1 is 1.00 bits per heavy atom. The number of rotatable bonds is 3. The molecule has 0 saturated heterocycles. The highest BCUT2D eigenvalue weighted by molar-refractivity contribution is 7.98. The summed E-state index contributed by atoms with van der Waals surface area (Å²) in [4.78, 5) is 1.22. The Balaban J connectivity index is 2.18. The molecule has 0 spiro atoms. The van der Waals surface area contributed by atoms with Crippen LogP contribution in [0.3, 0.4) is 0 Å². The van der Waals surface area contributed by atoms with Crippen LogP contribution in [0, 0.1) is 0 Å². The topological polar surface area (TPSA) is 35.2 Å². The summed E-state index contributed by atoms with van der Waals surface area (Å²) in [5.74, 6) is 1.50. The number of hydrogen-bond donors (Lipinski definition) is 1. The first-order valence-corrected chi connectivity index (χ1v) is 6.18. The molecule has 0 radical (unpaired) electrons. The molecule has 2 aromatic carbocycles. The average Bonchev–Trinajstić information content (AvgIpc) is 2.33. The molecule has 0 bridgehead atoms. The lowest BCUT2D eigenvalue weighted by Gasteiger charge is -2.08. The highest BCUT2D eigenvalue weighted by atomic mass is 32.2. The van der Waals surface area contributed by atoms with E-state index in [9.17, 15) is 0 Å². The van der Waals surface area contributed by atoms with Gasteiger partial charge in [0.05, 0.1) is 5.69 Å². The standard InChI is InChI=1S/C13H13NOS/c1-16-11-8-6-10(7-9-11)15-13-5-3-2-4-12(13)14/h2-9H,14H2,1H3. The van der Waals surface area contributed by atoms with E-state index in [2.05, 4.69) is 0 Å². The second kappa shape index (κ2) is 4.94. The second-order valence-corrected chi connectivity index (χ2v) is 4.20. The maximum Gasteiger partial charge on any atom is 0.150 e. The van der Waals surface area contributed by atoms with Crippen molar-refractivity contribution in [2.24, 2.45) is 0 Å². The van der Waals surface area contributed by atoms with Crippen molar-refractivity contribution in [1.29, 1.82) is 0 Å². The third-order valence-electron chi connectivity index (χ3n) is 2.21. The van der Waals surface area contributed by atoms with E-state index < -0.39 is 0 Å². The number of nitrogen functional groups attached to an aromatic ring is 1. The van der Waals surface area contributed by atoms with Crippen LogP contribution in [0.5, 0.6) is 11.5 Å². The lowest BCUT2D eigenvalue weighted by molar-refractivity contribution is 0.484. The van der Waals surface area contributed by atoms with Crippen molar-refractivity contribution < 1.29 is 4.74 Å². The van der Waals surface area contributed by atoms with Crippen LogP contribution in [0.2, 0.25) is 0 Å². The van der Waals surface area contributed by atoms with Gasteiger partial charge in [-0.05, 0) is 42.7 Å². The summed E-state index contributed by atoms with van der Waals surface area (Å²) in [5.41, 5.74) is 6.44. The molecule has 2 N–H and O–H groups in total. The van der Waals surface area contributed by atoms with Gasteiger partial charge in [-0.15, -0.1) is 11.8 Å². The van der Waals surface area contributed by atoms with E-state index in [4.69, 9.17) is 10.5 Å². The van der Waals surface area contributed by atoms with Crippen LogP contribution in [0.1, 0.15) is 0 Å². The molecule has 16 heavy (non-hydrogen) atoms. The Morgan fingerprint density at radius 3 is 2.31 bits per heavy atom. The van der Waals surface area contributed by atoms with Gasteiger partial charge in [0.1, 0.15) is 11.5 Å². The van der Waals surface area contributed by atoms with Crippen LogP contribution in [-0.2, 0) is 0 Å². The molecule has 0 unspecified atom stereocenters. The number of benzene rings is 2. The summed E-state index contributed by atoms with van der Waals surface area (Å²) >= 11 is 1.71. The molecule has 0 saturated carbocycles. The summed E-state index contributed by atoms with van der Waals surface area (Å²) < 4.78 is 5.67. The molecule has 3 heteroatoms. The molecule has 0 amide bonds. The highest BCUT2D eigenvalue weighted by Crippen LogP contribution is 2.28. The van der Waals surface area contributed by atoms with Crippen molar-refractivity contribution in [3.05, 3.63) is 48.5 Å². The van der Waals surface area contributed by atoms with Crippen LogP contribution in [-0.4, -0.2) is 6.26 Å². The van der Waals surface area contributed by atoms with Crippen LogP contribution in [0.4, 0.5) is 5.69 Å². The lowest BCUT2D eigenvalue weighted by Crippen LogP contribution is -1.91. The van der Waals surface area contributed by atoms with Crippen molar-refractivity contribution in [1.82, 2.24) is 0 Å². The van der Waals surface area contributed by atoms with Crippen molar-refractivity contribution in [2.75, 3.05) is 12.0 Å². The van der Waals surface area contributed by atoms with E-state index in [1.54, 1.807) is 11.8 Å². The third-order valence-corrected chi connectivity index (χ3v) is 2.95. The van der Waals surface area contributed by atoms with Crippen LogP contribution < -0.4 is 10.5 Å². The fourth-order valence-electron chi connectivity index (χ4n) is 1.34. The first-order chi connectivity index (χ1) is 7.79. The first kappa shape index (κ1) is 10.9. The quantitative estimate of drug-likeness (QED) is 0.645. The zero-order chi connectivity index (χ0) is 11.4. The summed E-state index contributed by atoms with van der Waals surface area (Å²) in [6.07, 6.45) is 2.05. The Bertz CT molecular complexity index is 468. The predicted octanol–water partition coefficient (Wildman–Crippen LogP) is 3.78. The van der Waals surface area contributed by atoms with Gasteiger partial charge in [0, 0.05) is 4.90 Å². The minimum absolute atomic E-state index is 0.649. The first-order valence-electron chi connectivity index (χ1n) is 4.96. The van der Waals surface area contributed by atoms with Gasteiger partial charge in [-0.2, -0.15) is 0 Å². The van der Waals surface area contributed by atoms with Gasteiger partial charge < -0.3 is 10.5 Å². The van der Waals surface area contributed by atoms with E-state index >= 15 is 0 Å². The summed E-state index contributed by atoms with van der Waals surface area (Å²) in [6.45, 7) is 0. The number of ether oxygens (including phenoxy) is 1. The van der Waals surface area contributed by atoms with E-state index in [1.807, 2.05) is 54.8 Å². The molecule has 0 atom stereocenters. The Labute approximate surface area is 99.4 Å². The van der Waals surface area contributed by atoms with Crippen LogP contribution in [0.25, 0.3) is 0 Å². The molecule has 0 heterocycles. The van der Waals surface area contributed by atoms with Crippen molar-refractivity contribution in [2.45, 2.75) is 4.90 Å². The summed E-state index contributed by atoms with van der Waals surface area (Å²) in [5, 5.41) is 0. The number of anilines is 1. The maximum atomic E-state index is 5.80. The van der Waals surface area contributed by atoms with E-state index in [0.717, 1.165) is 5.75 Å². The molecule has 0 aliphatic carbocycles. The molecule has 0 fully saturated rings. The molecule has 0 aliphatic heterocycles. The fraction of sp³-hybridized carbons (Fsp3) is 0.0769. The smallest absolute Gasteiger partial charge is 0.150 e. The molecular weight excluding hydrogens is 218 g/mol. The zero-order valence-electron chi connectivity index (χ0n) is 9.01. The van der Waals surface area contributed by atoms with Gasteiger partial charge >= 0.3 is 0 Å². The molecule has 0 aliphatic rings. The fourth-order valence-corrected chi connectivity index (χ4v) is 1.75. The average molecular weight is 231 g/mol. The minimum atomic E-state index is 0.649. The lowest BCUT2D eigenvalue weighted by atomic mass is 10.3. The molecule has 2 aromatic rings. The second-order valence-electron chi connectivity index (χ2n) is 3.32. The van der Waals surface area contributed by atoms with Gasteiger partial charge in [-0.1, -0.05) is 12.1 Å². The highest BCUT2D eigenvalue weighted by Gasteiger charge is 2.00. The van der Waals surface area contributed by atoms with Crippen LogP contribution in [0.15, 0.2) is 53.4 Å². The van der Waals surface area contributed by atoms with E-state index in [-0.39, 0.29) is 0 Å². The Morgan fingerprint density at radius 2 is 1.69 bits per heavy atom. The molecule has 82 valence electrons. The van der Waals surface area contributed by atoms with E-state index in [1.165, 1.54) is 4.90 Å². The van der Waals surface area contributed by atoms with Gasteiger partial charge in [-0.25, -0.2) is 0 Å². The SMILES string of the molecule is CSc1ccc(Oc2ccccc2N)cc1. The third kappa shape index (κ3) is 2.49. The number of hydrogen-bond acceptors (Lipinski definition) is 3. The summed E-state index contributed by atoms with van der Waals surface area (Å²) in [6, 6.07) is 15.4. The molecule has 2 rings (SSSR count). The van der Waals surface area contributed by atoms with Gasteiger partial charge in [0.2, 0.25) is 0 Å². The Hall–Kier alpha value is -1.61. The van der Waals surface area contributed by atoms with Crippen molar-refractivity contribution >= 4 is 17.4 Å². The minimum Gasteiger partial charge on any atom is -0.455 e. The molecular formula is C13H13NOS. The van der Waals surface area contributed by atoms with Gasteiger partial charge in [0.15, 0.2) is 0 Å². The Kier molecular flexibility index (Phi) is 3.37. The number of para-hydroxylation sites is 2. The van der Waals surface area contributed by atoms with Gasteiger partial charge in [0.25, 0.3) is 0 Å². The van der Waals surface area contributed by atoms with Crippen molar-refractivity contribution in [3.63, 3.8) is 0 Å².